The molecule has 0 aromatic heterocycles. The molecule has 0 saturated heterocycles. The molecule has 3 unspecified atom stereocenters. The van der Waals surface area contributed by atoms with Crippen molar-refractivity contribution >= 4 is 11.6 Å². The first-order valence-electron chi connectivity index (χ1n) is 7.01. The van der Waals surface area contributed by atoms with Crippen molar-refractivity contribution in [3.8, 4) is 5.75 Å². The van der Waals surface area contributed by atoms with Crippen LogP contribution in [0.15, 0.2) is 18.2 Å². The molecule has 102 valence electrons. The number of phenols is 1. The fourth-order valence-electron chi connectivity index (χ4n) is 3.69. The number of amides is 1. The second-order valence-electron chi connectivity index (χ2n) is 5.89. The van der Waals surface area contributed by atoms with Gasteiger partial charge in [0.1, 0.15) is 0 Å². The van der Waals surface area contributed by atoms with Crippen molar-refractivity contribution in [3.63, 3.8) is 0 Å². The number of nitrogen functional groups attached to an aromatic ring is 1. The van der Waals surface area contributed by atoms with Gasteiger partial charge < -0.3 is 16.2 Å². The van der Waals surface area contributed by atoms with Gasteiger partial charge in [-0.2, -0.15) is 0 Å². The second kappa shape index (κ2) is 4.76. The molecule has 1 amide bonds. The van der Waals surface area contributed by atoms with Crippen LogP contribution in [-0.4, -0.2) is 17.6 Å². The van der Waals surface area contributed by atoms with Crippen molar-refractivity contribution in [2.24, 2.45) is 17.8 Å². The summed E-state index contributed by atoms with van der Waals surface area (Å²) in [5, 5.41) is 12.7. The average Bonchev–Trinajstić information content (AvgIpc) is 3.01. The Kier molecular flexibility index (Phi) is 3.09. The lowest BCUT2D eigenvalue weighted by Crippen LogP contribution is -2.31. The third-order valence-electron chi connectivity index (χ3n) is 4.72. The molecule has 2 aliphatic carbocycles. The number of hydrogen-bond donors (Lipinski definition) is 3. The topological polar surface area (TPSA) is 75.4 Å². The number of nitrogens with two attached hydrogens (primary N) is 1. The van der Waals surface area contributed by atoms with E-state index in [9.17, 15) is 9.90 Å². The summed E-state index contributed by atoms with van der Waals surface area (Å²) in [6.45, 7) is 0.717. The third-order valence-corrected chi connectivity index (χ3v) is 4.72. The molecule has 2 fully saturated rings. The minimum Gasteiger partial charge on any atom is -0.505 e. The summed E-state index contributed by atoms with van der Waals surface area (Å²) in [7, 11) is 0. The zero-order chi connectivity index (χ0) is 13.4. The van der Waals surface area contributed by atoms with Crippen molar-refractivity contribution in [3.05, 3.63) is 23.8 Å². The van der Waals surface area contributed by atoms with Crippen LogP contribution in [0.25, 0.3) is 0 Å². The van der Waals surface area contributed by atoms with Gasteiger partial charge in [-0.15, -0.1) is 0 Å². The van der Waals surface area contributed by atoms with Gasteiger partial charge in [0.05, 0.1) is 11.3 Å². The molecule has 2 aliphatic rings. The van der Waals surface area contributed by atoms with E-state index in [-0.39, 0.29) is 22.9 Å². The van der Waals surface area contributed by atoms with Gasteiger partial charge in [0, 0.05) is 6.54 Å². The van der Waals surface area contributed by atoms with Crippen molar-refractivity contribution in [2.75, 3.05) is 12.3 Å². The van der Waals surface area contributed by atoms with E-state index < -0.39 is 0 Å². The summed E-state index contributed by atoms with van der Waals surface area (Å²) < 4.78 is 0. The second-order valence-corrected chi connectivity index (χ2v) is 5.89. The van der Waals surface area contributed by atoms with E-state index >= 15 is 0 Å². The van der Waals surface area contributed by atoms with Crippen LogP contribution in [0.1, 0.15) is 36.0 Å². The van der Waals surface area contributed by atoms with E-state index in [0.717, 1.165) is 11.8 Å². The van der Waals surface area contributed by atoms with Crippen LogP contribution in [0.3, 0.4) is 0 Å². The number of fused-ring (bicyclic) bond motifs is 2. The van der Waals surface area contributed by atoms with Gasteiger partial charge in [-0.3, -0.25) is 4.79 Å². The Morgan fingerprint density at radius 3 is 2.89 bits per heavy atom. The lowest BCUT2D eigenvalue weighted by atomic mass is 9.89. The number of benzene rings is 1. The highest BCUT2D eigenvalue weighted by molar-refractivity contribution is 5.98. The van der Waals surface area contributed by atoms with Crippen LogP contribution in [0, 0.1) is 17.8 Å². The summed E-state index contributed by atoms with van der Waals surface area (Å²) in [6.07, 6.45) is 5.26. The zero-order valence-corrected chi connectivity index (χ0v) is 10.9. The Morgan fingerprint density at radius 1 is 1.37 bits per heavy atom. The van der Waals surface area contributed by atoms with E-state index in [1.54, 1.807) is 18.2 Å². The van der Waals surface area contributed by atoms with Crippen molar-refractivity contribution < 1.29 is 9.90 Å². The Labute approximate surface area is 113 Å². The molecule has 0 spiro atoms. The quantitative estimate of drug-likeness (QED) is 0.575. The van der Waals surface area contributed by atoms with E-state index in [1.165, 1.54) is 25.7 Å². The maximum atomic E-state index is 12.1. The van der Waals surface area contributed by atoms with Crippen LogP contribution in [-0.2, 0) is 0 Å². The molecule has 3 atom stereocenters. The highest BCUT2D eigenvalue weighted by Gasteiger charge is 2.39. The molecule has 4 heteroatoms. The first-order valence-corrected chi connectivity index (χ1v) is 7.01. The van der Waals surface area contributed by atoms with Gasteiger partial charge in [-0.1, -0.05) is 12.5 Å². The van der Waals surface area contributed by atoms with E-state index in [2.05, 4.69) is 5.32 Å². The molecule has 2 bridgehead atoms. The molecule has 1 aromatic rings. The van der Waals surface area contributed by atoms with Crippen molar-refractivity contribution in [2.45, 2.75) is 25.7 Å². The number of para-hydroxylation sites is 1. The molecule has 4 nitrogen and oxygen atoms in total. The molecule has 4 N–H and O–H groups in total. The monoisotopic (exact) mass is 260 g/mol. The number of rotatable bonds is 3. The molecule has 2 saturated carbocycles. The minimum atomic E-state index is -0.229. The van der Waals surface area contributed by atoms with Gasteiger partial charge in [0.2, 0.25) is 0 Å². The van der Waals surface area contributed by atoms with E-state index in [1.807, 2.05) is 0 Å². The van der Waals surface area contributed by atoms with Crippen molar-refractivity contribution in [1.82, 2.24) is 5.32 Å². The molecule has 3 rings (SSSR count). The zero-order valence-electron chi connectivity index (χ0n) is 10.9. The average molecular weight is 260 g/mol. The highest BCUT2D eigenvalue weighted by Crippen LogP contribution is 2.47. The van der Waals surface area contributed by atoms with Gasteiger partial charge in [-0.25, -0.2) is 0 Å². The Balaban J connectivity index is 1.61. The van der Waals surface area contributed by atoms with Crippen LogP contribution in [0.2, 0.25) is 0 Å². The van der Waals surface area contributed by atoms with Gasteiger partial charge in [-0.05, 0) is 49.1 Å². The predicted octanol–water partition coefficient (Wildman–Crippen LogP) is 2.14. The summed E-state index contributed by atoms with van der Waals surface area (Å²) in [5.41, 5.74) is 6.11. The number of carbonyl (C=O) groups excluding carboxylic acids is 1. The molecular weight excluding hydrogens is 240 g/mol. The fourth-order valence-corrected chi connectivity index (χ4v) is 3.69. The number of anilines is 1. The van der Waals surface area contributed by atoms with Crippen LogP contribution in [0.4, 0.5) is 5.69 Å². The summed E-state index contributed by atoms with van der Waals surface area (Å²) in [5.74, 6) is 1.94. The smallest absolute Gasteiger partial charge is 0.255 e. The Hall–Kier alpha value is -1.71. The number of carbonyl (C=O) groups is 1. The maximum Gasteiger partial charge on any atom is 0.255 e. The third kappa shape index (κ3) is 2.27. The summed E-state index contributed by atoms with van der Waals surface area (Å²) in [4.78, 5) is 12.1. The van der Waals surface area contributed by atoms with Gasteiger partial charge in [0.25, 0.3) is 5.91 Å². The number of phenolic OH excluding ortho intramolecular Hbond substituents is 1. The maximum absolute atomic E-state index is 12.1. The molecule has 0 aliphatic heterocycles. The summed E-state index contributed by atoms with van der Waals surface area (Å²) >= 11 is 0. The lowest BCUT2D eigenvalue weighted by Gasteiger charge is -2.21. The molecular formula is C15H20N2O2. The first kappa shape index (κ1) is 12.3. The van der Waals surface area contributed by atoms with Crippen LogP contribution >= 0.6 is 0 Å². The van der Waals surface area contributed by atoms with E-state index in [4.69, 9.17) is 5.73 Å². The van der Waals surface area contributed by atoms with Gasteiger partial charge >= 0.3 is 0 Å². The molecule has 1 aromatic carbocycles. The lowest BCUT2D eigenvalue weighted by molar-refractivity contribution is 0.0939. The Bertz CT molecular complexity index is 501. The fraction of sp³-hybridized carbons (Fsp3) is 0.533. The molecule has 0 radical (unpaired) electrons. The first-order chi connectivity index (χ1) is 9.15. The summed E-state index contributed by atoms with van der Waals surface area (Å²) in [6, 6.07) is 4.87. The van der Waals surface area contributed by atoms with Crippen LogP contribution in [0.5, 0.6) is 5.75 Å². The SMILES string of the molecule is Nc1cccc(C(=O)NCC2CC3CCC2C3)c1O. The van der Waals surface area contributed by atoms with Gasteiger partial charge in [0.15, 0.2) is 5.75 Å². The number of aromatic hydroxyl groups is 1. The Morgan fingerprint density at radius 2 is 2.21 bits per heavy atom. The number of hydrogen-bond acceptors (Lipinski definition) is 3. The standard InChI is InChI=1S/C15H20N2O2/c16-13-3-1-2-12(14(13)18)15(19)17-8-11-7-9-4-5-10(11)6-9/h1-3,9-11,18H,4-8,16H2,(H,17,19). The number of nitrogens with one attached hydrogen (secondary N) is 1. The largest absolute Gasteiger partial charge is 0.505 e. The van der Waals surface area contributed by atoms with Crippen molar-refractivity contribution in [1.29, 1.82) is 0 Å². The molecule has 0 heterocycles. The minimum absolute atomic E-state index is 0.118. The normalized spacial score (nSPS) is 28.5. The molecule has 19 heavy (non-hydrogen) atoms. The predicted molar refractivity (Wildman–Crippen MR) is 73.8 cm³/mol. The van der Waals surface area contributed by atoms with Crippen LogP contribution < -0.4 is 11.1 Å². The van der Waals surface area contributed by atoms with E-state index in [0.29, 0.717) is 12.5 Å². The highest BCUT2D eigenvalue weighted by atomic mass is 16.3.